The van der Waals surface area contributed by atoms with Gasteiger partial charge in [-0.2, -0.15) is 26.3 Å². The zero-order valence-electron chi connectivity index (χ0n) is 19.0. The van der Waals surface area contributed by atoms with Gasteiger partial charge in [-0.25, -0.2) is 4.79 Å². The molecule has 3 aliphatic heterocycles. The van der Waals surface area contributed by atoms with Gasteiger partial charge in [0.05, 0.1) is 5.56 Å². The molecule has 4 rings (SSSR count). The lowest BCUT2D eigenvalue weighted by Gasteiger charge is -2.54. The summed E-state index contributed by atoms with van der Waals surface area (Å²) in [6, 6.07) is 4.28. The Labute approximate surface area is 194 Å². The van der Waals surface area contributed by atoms with E-state index in [-0.39, 0.29) is 5.41 Å². The molecule has 1 unspecified atom stereocenters. The van der Waals surface area contributed by atoms with Crippen LogP contribution in [0.5, 0.6) is 0 Å². The number of halogens is 6. The van der Waals surface area contributed by atoms with E-state index in [1.54, 1.807) is 0 Å². The number of anilines is 1. The van der Waals surface area contributed by atoms with Gasteiger partial charge < -0.3 is 14.5 Å². The summed E-state index contributed by atoms with van der Waals surface area (Å²) in [4.78, 5) is 17.4. The van der Waals surface area contributed by atoms with Gasteiger partial charge in [0.15, 0.2) is 6.10 Å². The molecule has 1 amide bonds. The summed E-state index contributed by atoms with van der Waals surface area (Å²) in [5.74, 6) is 0. The highest BCUT2D eigenvalue weighted by molar-refractivity contribution is 5.68. The first-order valence-electron chi connectivity index (χ1n) is 11.6. The number of alkyl halides is 6. The monoisotopic (exact) mass is 493 g/mol. The number of likely N-dealkylation sites (tertiary alicyclic amines) is 2. The Hall–Kier alpha value is -2.17. The Kier molecular flexibility index (Phi) is 6.69. The second-order valence-electron chi connectivity index (χ2n) is 9.78. The molecule has 3 saturated heterocycles. The minimum absolute atomic E-state index is 0.0636. The maximum absolute atomic E-state index is 13.5. The van der Waals surface area contributed by atoms with Gasteiger partial charge in [0, 0.05) is 51.5 Å². The van der Waals surface area contributed by atoms with Crippen molar-refractivity contribution in [1.29, 1.82) is 0 Å². The van der Waals surface area contributed by atoms with Crippen molar-refractivity contribution in [2.45, 2.75) is 57.6 Å². The summed E-state index contributed by atoms with van der Waals surface area (Å²) in [6.07, 6.45) is -8.94. The normalized spacial score (nSPS) is 22.1. The standard InChI is InChI=1S/C23H29F6N3O2/c1-16(22(24,25)26)34-20(33)32-8-4-21(5-9-32)14-30(15-21)13-17-10-18(23(27,28)29)12-19(11-17)31-6-2-3-7-31/h10-12,16H,2-9,13-15H2,1H3. The van der Waals surface area contributed by atoms with E-state index in [0.717, 1.165) is 32.9 Å². The number of carbonyl (C=O) groups excluding carboxylic acids is 1. The van der Waals surface area contributed by atoms with Crippen LogP contribution < -0.4 is 4.90 Å². The molecule has 5 nitrogen and oxygen atoms in total. The van der Waals surface area contributed by atoms with Crippen LogP contribution in [0.3, 0.4) is 0 Å². The lowest BCUT2D eigenvalue weighted by atomic mass is 9.72. The van der Waals surface area contributed by atoms with Crippen LogP contribution in [0.15, 0.2) is 18.2 Å². The molecule has 3 fully saturated rings. The Morgan fingerprint density at radius 3 is 2.18 bits per heavy atom. The molecule has 1 spiro atoms. The number of hydrogen-bond donors (Lipinski definition) is 0. The van der Waals surface area contributed by atoms with Crippen molar-refractivity contribution in [2.24, 2.45) is 5.41 Å². The van der Waals surface area contributed by atoms with Crippen molar-refractivity contribution in [1.82, 2.24) is 9.80 Å². The molecule has 0 bridgehead atoms. The molecule has 190 valence electrons. The molecule has 1 aromatic carbocycles. The van der Waals surface area contributed by atoms with Crippen molar-refractivity contribution >= 4 is 11.8 Å². The van der Waals surface area contributed by atoms with Crippen molar-refractivity contribution in [2.75, 3.05) is 44.2 Å². The first-order valence-corrected chi connectivity index (χ1v) is 11.6. The fraction of sp³-hybridized carbons (Fsp3) is 0.696. The number of hydrogen-bond acceptors (Lipinski definition) is 4. The number of rotatable bonds is 4. The maximum Gasteiger partial charge on any atom is 0.425 e. The van der Waals surface area contributed by atoms with E-state index in [2.05, 4.69) is 9.64 Å². The molecule has 0 N–H and O–H groups in total. The van der Waals surface area contributed by atoms with Gasteiger partial charge in [0.25, 0.3) is 0 Å². The molecule has 3 aliphatic rings. The number of nitrogens with zero attached hydrogens (tertiary/aromatic N) is 3. The Balaban J connectivity index is 1.32. The molecule has 0 radical (unpaired) electrons. The van der Waals surface area contributed by atoms with Crippen LogP contribution in [-0.2, 0) is 17.5 Å². The third-order valence-corrected chi connectivity index (χ3v) is 7.12. The number of benzene rings is 1. The van der Waals surface area contributed by atoms with E-state index in [1.807, 2.05) is 11.0 Å². The van der Waals surface area contributed by atoms with Gasteiger partial charge in [0.1, 0.15) is 0 Å². The molecule has 1 atom stereocenters. The van der Waals surface area contributed by atoms with Crippen molar-refractivity contribution < 1.29 is 35.9 Å². The Bertz CT molecular complexity index is 882. The fourth-order valence-electron chi connectivity index (χ4n) is 5.13. The average Bonchev–Trinajstić information content (AvgIpc) is 3.26. The van der Waals surface area contributed by atoms with Gasteiger partial charge in [-0.05, 0) is 61.8 Å². The topological polar surface area (TPSA) is 36.0 Å². The van der Waals surface area contributed by atoms with Crippen LogP contribution in [0.25, 0.3) is 0 Å². The molecule has 0 aliphatic carbocycles. The largest absolute Gasteiger partial charge is 0.437 e. The lowest BCUT2D eigenvalue weighted by Crippen LogP contribution is -2.60. The van der Waals surface area contributed by atoms with Gasteiger partial charge in [-0.15, -0.1) is 0 Å². The Morgan fingerprint density at radius 1 is 1.00 bits per heavy atom. The van der Waals surface area contributed by atoms with Gasteiger partial charge >= 0.3 is 18.4 Å². The molecule has 0 aromatic heterocycles. The average molecular weight is 493 g/mol. The highest BCUT2D eigenvalue weighted by Crippen LogP contribution is 2.42. The highest BCUT2D eigenvalue weighted by Gasteiger charge is 2.46. The summed E-state index contributed by atoms with van der Waals surface area (Å²) < 4.78 is 82.8. The van der Waals surface area contributed by atoms with E-state index >= 15 is 0 Å². The SMILES string of the molecule is CC(OC(=O)N1CCC2(CC1)CN(Cc1cc(N3CCCC3)cc(C(F)(F)F)c1)C2)C(F)(F)F. The fourth-order valence-corrected chi connectivity index (χ4v) is 5.13. The third kappa shape index (κ3) is 5.55. The van der Waals surface area contributed by atoms with Crippen molar-refractivity contribution in [3.8, 4) is 0 Å². The first-order chi connectivity index (χ1) is 15.8. The minimum atomic E-state index is -4.60. The van der Waals surface area contributed by atoms with Crippen molar-refractivity contribution in [3.63, 3.8) is 0 Å². The summed E-state index contributed by atoms with van der Waals surface area (Å²) in [5, 5.41) is 0. The molecule has 11 heteroatoms. The molecule has 3 heterocycles. The summed E-state index contributed by atoms with van der Waals surface area (Å²) in [6.45, 7) is 4.70. The number of carbonyl (C=O) groups is 1. The predicted octanol–water partition coefficient (Wildman–Crippen LogP) is 5.29. The molecule has 34 heavy (non-hydrogen) atoms. The minimum Gasteiger partial charge on any atom is -0.437 e. The first kappa shape index (κ1) is 24.9. The Morgan fingerprint density at radius 2 is 1.62 bits per heavy atom. The van der Waals surface area contributed by atoms with Gasteiger partial charge in [0.2, 0.25) is 0 Å². The number of amides is 1. The number of piperidine rings is 1. The van der Waals surface area contributed by atoms with E-state index in [0.29, 0.717) is 56.8 Å². The quantitative estimate of drug-likeness (QED) is 0.534. The molecular formula is C23H29F6N3O2. The molecule has 1 aromatic rings. The predicted molar refractivity (Wildman–Crippen MR) is 113 cm³/mol. The van der Waals surface area contributed by atoms with Crippen LogP contribution in [0.2, 0.25) is 0 Å². The summed E-state index contributed by atoms with van der Waals surface area (Å²) in [5.41, 5.74) is 0.527. The zero-order chi connectivity index (χ0) is 24.7. The maximum atomic E-state index is 13.5. The van der Waals surface area contributed by atoms with Crippen molar-refractivity contribution in [3.05, 3.63) is 29.3 Å². The zero-order valence-corrected chi connectivity index (χ0v) is 19.0. The van der Waals surface area contributed by atoms with Crippen LogP contribution in [0.4, 0.5) is 36.8 Å². The van der Waals surface area contributed by atoms with E-state index < -0.39 is 30.1 Å². The smallest absolute Gasteiger partial charge is 0.425 e. The van der Waals surface area contributed by atoms with E-state index in [4.69, 9.17) is 0 Å². The van der Waals surface area contributed by atoms with Crippen LogP contribution in [0, 0.1) is 5.41 Å². The van der Waals surface area contributed by atoms with Crippen LogP contribution in [-0.4, -0.2) is 67.4 Å². The van der Waals surface area contributed by atoms with Crippen LogP contribution in [0.1, 0.15) is 43.7 Å². The van der Waals surface area contributed by atoms with Crippen LogP contribution >= 0.6 is 0 Å². The number of ether oxygens (including phenoxy) is 1. The van der Waals surface area contributed by atoms with Gasteiger partial charge in [-0.3, -0.25) is 4.90 Å². The van der Waals surface area contributed by atoms with Gasteiger partial charge in [-0.1, -0.05) is 0 Å². The van der Waals surface area contributed by atoms with E-state index in [1.165, 1.54) is 17.0 Å². The second-order valence-corrected chi connectivity index (χ2v) is 9.78. The highest BCUT2D eigenvalue weighted by atomic mass is 19.4. The summed E-state index contributed by atoms with van der Waals surface area (Å²) >= 11 is 0. The summed E-state index contributed by atoms with van der Waals surface area (Å²) in [7, 11) is 0. The second kappa shape index (κ2) is 9.13. The molecule has 0 saturated carbocycles. The molecular weight excluding hydrogens is 464 g/mol. The lowest BCUT2D eigenvalue weighted by molar-refractivity contribution is -0.200. The third-order valence-electron chi connectivity index (χ3n) is 7.12. The van der Waals surface area contributed by atoms with E-state index in [9.17, 15) is 31.1 Å².